The van der Waals surface area contributed by atoms with Gasteiger partial charge in [0.1, 0.15) is 24.7 Å². The number of unbranched alkanes of at least 4 members (excludes halogenated alkanes) is 2. The van der Waals surface area contributed by atoms with Gasteiger partial charge in [0.05, 0.1) is 0 Å². The third kappa shape index (κ3) is 16.7. The lowest BCUT2D eigenvalue weighted by atomic mass is 10.0. The van der Waals surface area contributed by atoms with E-state index in [-0.39, 0.29) is 45.4 Å². The number of carboxylic acid groups (broad SMARTS) is 1. The second-order valence-corrected chi connectivity index (χ2v) is 13.0. The fourth-order valence-electron chi connectivity index (χ4n) is 5.09. The fraction of sp³-hybridized carbons (Fsp3) is 0.500. The summed E-state index contributed by atoms with van der Waals surface area (Å²) in [7, 11) is 1.90. The van der Waals surface area contributed by atoms with Crippen LogP contribution in [0.1, 0.15) is 70.8 Å². The largest absolute Gasteiger partial charge is 0.481 e. The Morgan fingerprint density at radius 1 is 0.811 bits per heavy atom. The first-order valence-electron chi connectivity index (χ1n) is 17.1. The maximum absolute atomic E-state index is 13.6. The molecular weight excluding hydrogens is 713 g/mol. The number of primary amides is 1. The van der Waals surface area contributed by atoms with Crippen LogP contribution in [0.25, 0.3) is 0 Å². The van der Waals surface area contributed by atoms with E-state index in [1.165, 1.54) is 12.2 Å². The minimum absolute atomic E-state index is 0.0133. The van der Waals surface area contributed by atoms with Crippen LogP contribution < -0.4 is 32.3 Å². The lowest BCUT2D eigenvalue weighted by molar-refractivity contribution is -0.139. The number of nitrogens with two attached hydrogens (primary N) is 1. The predicted molar refractivity (Wildman–Crippen MR) is 194 cm³/mol. The van der Waals surface area contributed by atoms with Crippen LogP contribution in [0.3, 0.4) is 0 Å². The molecule has 0 spiro atoms. The predicted octanol–water partition coefficient (Wildman–Crippen LogP) is 1.05. The summed E-state index contributed by atoms with van der Waals surface area (Å²) >= 11 is 0. The normalized spacial score (nSPS) is 13.8. The number of nitrogens with one attached hydrogen (secondary N) is 5. The van der Waals surface area contributed by atoms with Crippen molar-refractivity contribution >= 4 is 68.1 Å². The summed E-state index contributed by atoms with van der Waals surface area (Å²) in [4.78, 5) is 111. The number of imide groups is 1. The van der Waals surface area contributed by atoms with E-state index >= 15 is 0 Å². The number of ether oxygens (including phenoxy) is 1. The Balaban J connectivity index is 2.06. The molecule has 1 aromatic rings. The highest BCUT2D eigenvalue weighted by atomic mass is 31.0. The SMILES string of the molecule is CC(C)[C@H](NC(=O)[C@H](CCC(=O)O)NC(=O)CCCCCN1C(=O)C=CC1=O)C(=O)N[C@@H](CCCNC(N)=O)C(=O)Nc1ccc(COC(=O)P)cc1. The highest BCUT2D eigenvalue weighted by molar-refractivity contribution is 7.39. The Bertz CT molecular complexity index is 1520. The van der Waals surface area contributed by atoms with Crippen molar-refractivity contribution in [2.24, 2.45) is 11.7 Å². The van der Waals surface area contributed by atoms with Gasteiger partial charge in [0, 0.05) is 43.8 Å². The molecule has 19 heteroatoms. The monoisotopic (exact) mass is 761 g/mol. The molecule has 1 aromatic carbocycles. The molecule has 0 saturated carbocycles. The number of carbonyl (C=O) groups is 9. The number of aliphatic carboxylic acids is 1. The smallest absolute Gasteiger partial charge is 0.320 e. The number of nitrogens with zero attached hydrogens (tertiary/aromatic N) is 1. The third-order valence-corrected chi connectivity index (χ3v) is 8.10. The van der Waals surface area contributed by atoms with Gasteiger partial charge in [0.2, 0.25) is 23.6 Å². The van der Waals surface area contributed by atoms with E-state index in [1.807, 2.05) is 9.24 Å². The highest BCUT2D eigenvalue weighted by Crippen LogP contribution is 2.14. The van der Waals surface area contributed by atoms with E-state index in [0.717, 1.165) is 4.90 Å². The summed E-state index contributed by atoms with van der Waals surface area (Å²) in [6.07, 6.45) is 3.29. The van der Waals surface area contributed by atoms with Crippen molar-refractivity contribution in [2.45, 2.75) is 89.9 Å². The standard InChI is InChI=1S/C34H48N7O11P/c1-20(2)29(40-31(48)24(13-16-28(45)46)38-25(42)8-4-3-5-18-41-26(43)14-15-27(41)44)32(49)39-23(7-6-17-36-33(35)50)30(47)37-22-11-9-21(10-12-22)19-52-34(51)53/h9-12,14-15,20,23-24,29H,3-8,13,16-19,53H2,1-2H3,(H,37,47)(H,38,42)(H,39,49)(H,40,48)(H,45,46)(H3,35,36,50)/t23-,24-,29-/m0/s1. The summed E-state index contributed by atoms with van der Waals surface area (Å²) in [6, 6.07) is 2.05. The lowest BCUT2D eigenvalue weighted by Gasteiger charge is -2.27. The number of carbonyl (C=O) groups excluding carboxylic acids is 8. The van der Waals surface area contributed by atoms with Crippen LogP contribution in [0.2, 0.25) is 0 Å². The quantitative estimate of drug-likeness (QED) is 0.0470. The third-order valence-electron chi connectivity index (χ3n) is 7.94. The minimum atomic E-state index is -1.29. The number of urea groups is 1. The molecule has 53 heavy (non-hydrogen) atoms. The minimum Gasteiger partial charge on any atom is -0.481 e. The second-order valence-electron chi connectivity index (χ2n) is 12.5. The van der Waals surface area contributed by atoms with Gasteiger partial charge in [-0.05, 0) is 65.0 Å². The van der Waals surface area contributed by atoms with Gasteiger partial charge in [-0.2, -0.15) is 0 Å². The Morgan fingerprint density at radius 2 is 1.45 bits per heavy atom. The Morgan fingerprint density at radius 3 is 2.04 bits per heavy atom. The molecule has 290 valence electrons. The zero-order chi connectivity index (χ0) is 39.5. The van der Waals surface area contributed by atoms with Gasteiger partial charge in [-0.1, -0.05) is 32.4 Å². The number of anilines is 1. The van der Waals surface area contributed by atoms with Crippen LogP contribution in [0, 0.1) is 5.92 Å². The van der Waals surface area contributed by atoms with Gasteiger partial charge in [-0.3, -0.25) is 38.5 Å². The van der Waals surface area contributed by atoms with Crippen LogP contribution in [0.5, 0.6) is 0 Å². The van der Waals surface area contributed by atoms with E-state index in [4.69, 9.17) is 10.5 Å². The number of amides is 8. The van der Waals surface area contributed by atoms with Crippen molar-refractivity contribution in [3.05, 3.63) is 42.0 Å². The van der Waals surface area contributed by atoms with E-state index in [9.17, 15) is 48.3 Å². The van der Waals surface area contributed by atoms with E-state index < -0.39 is 83.6 Å². The average molecular weight is 762 g/mol. The molecule has 1 unspecified atom stereocenters. The van der Waals surface area contributed by atoms with E-state index in [2.05, 4.69) is 26.6 Å². The molecule has 0 aromatic heterocycles. The molecule has 1 aliphatic heterocycles. The molecule has 18 nitrogen and oxygen atoms in total. The molecule has 2 rings (SSSR count). The molecule has 8 amide bonds. The number of rotatable bonds is 23. The van der Waals surface area contributed by atoms with E-state index in [1.54, 1.807) is 38.1 Å². The molecule has 0 saturated heterocycles. The highest BCUT2D eigenvalue weighted by Gasteiger charge is 2.32. The molecule has 1 heterocycles. The Kier molecular flexibility index (Phi) is 18.6. The van der Waals surface area contributed by atoms with Crippen LogP contribution in [0.4, 0.5) is 15.3 Å². The van der Waals surface area contributed by atoms with Gasteiger partial charge in [-0.25, -0.2) is 9.59 Å². The van der Waals surface area contributed by atoms with Crippen LogP contribution in [-0.4, -0.2) is 94.4 Å². The molecule has 0 radical (unpaired) electrons. The molecule has 0 fully saturated rings. The van der Waals surface area contributed by atoms with Crippen molar-refractivity contribution in [3.63, 3.8) is 0 Å². The van der Waals surface area contributed by atoms with Gasteiger partial charge in [0.15, 0.2) is 0 Å². The lowest BCUT2D eigenvalue weighted by Crippen LogP contribution is -2.57. The molecule has 8 N–H and O–H groups in total. The summed E-state index contributed by atoms with van der Waals surface area (Å²) < 4.78 is 4.93. The van der Waals surface area contributed by atoms with Crippen LogP contribution >= 0.6 is 9.24 Å². The molecule has 0 bridgehead atoms. The Labute approximate surface area is 308 Å². The first-order chi connectivity index (χ1) is 25.1. The molecule has 0 aliphatic carbocycles. The summed E-state index contributed by atoms with van der Waals surface area (Å²) in [6.45, 7) is 3.64. The summed E-state index contributed by atoms with van der Waals surface area (Å²) in [5.74, 6) is -5.16. The second kappa shape index (κ2) is 22.5. The van der Waals surface area contributed by atoms with Crippen LogP contribution in [-0.2, 0) is 44.9 Å². The number of carboxylic acids is 1. The van der Waals surface area contributed by atoms with Crippen molar-refractivity contribution in [2.75, 3.05) is 18.4 Å². The van der Waals surface area contributed by atoms with Gasteiger partial charge in [-0.15, -0.1) is 0 Å². The van der Waals surface area contributed by atoms with Gasteiger partial charge in [0.25, 0.3) is 11.8 Å². The molecule has 4 atom stereocenters. The zero-order valence-electron chi connectivity index (χ0n) is 29.7. The first-order valence-corrected chi connectivity index (χ1v) is 17.7. The zero-order valence-corrected chi connectivity index (χ0v) is 30.8. The maximum Gasteiger partial charge on any atom is 0.320 e. The summed E-state index contributed by atoms with van der Waals surface area (Å²) in [5.41, 5.74) is 5.64. The van der Waals surface area contributed by atoms with E-state index in [0.29, 0.717) is 30.5 Å². The van der Waals surface area contributed by atoms with Crippen molar-refractivity contribution < 1.29 is 53.0 Å². The number of hydrogen-bond acceptors (Lipinski definition) is 10. The maximum atomic E-state index is 13.6. The van der Waals surface area contributed by atoms with Crippen LogP contribution in [0.15, 0.2) is 36.4 Å². The Hall–Kier alpha value is -5.38. The van der Waals surface area contributed by atoms with Crippen molar-refractivity contribution in [1.29, 1.82) is 0 Å². The fourth-order valence-corrected chi connectivity index (χ4v) is 5.18. The topological polar surface area (TPSA) is 272 Å². The molecular formula is C34H48N7O11P. The van der Waals surface area contributed by atoms with Crippen molar-refractivity contribution in [1.82, 2.24) is 26.2 Å². The summed E-state index contributed by atoms with van der Waals surface area (Å²) in [5, 5.41) is 22.1. The van der Waals surface area contributed by atoms with Gasteiger partial charge < -0.3 is 42.2 Å². The average Bonchev–Trinajstić information content (AvgIpc) is 3.41. The number of hydrogen-bond donors (Lipinski definition) is 7. The number of benzene rings is 1. The molecule has 1 aliphatic rings. The van der Waals surface area contributed by atoms with Crippen molar-refractivity contribution in [3.8, 4) is 0 Å². The first kappa shape index (κ1) is 43.8. The van der Waals surface area contributed by atoms with Gasteiger partial charge >= 0.3 is 17.7 Å².